The van der Waals surface area contributed by atoms with Gasteiger partial charge >= 0.3 is 0 Å². The van der Waals surface area contributed by atoms with Crippen molar-refractivity contribution in [2.75, 3.05) is 20.3 Å². The first-order chi connectivity index (χ1) is 9.19. The molecule has 2 atom stereocenters. The van der Waals surface area contributed by atoms with Gasteiger partial charge in [0.2, 0.25) is 0 Å². The molecule has 4 nitrogen and oxygen atoms in total. The van der Waals surface area contributed by atoms with Gasteiger partial charge < -0.3 is 15.6 Å². The highest BCUT2D eigenvalue weighted by Crippen LogP contribution is 2.27. The molecular weight excluding hydrogens is 240 g/mol. The normalized spacial score (nSPS) is 23.8. The van der Waals surface area contributed by atoms with Crippen molar-refractivity contribution >= 4 is 0 Å². The Hall–Kier alpha value is -1.10. The Bertz CT molecular complexity index is 423. The van der Waals surface area contributed by atoms with E-state index in [1.165, 1.54) is 5.56 Å². The van der Waals surface area contributed by atoms with Crippen molar-refractivity contribution in [2.45, 2.75) is 32.5 Å². The largest absolute Gasteiger partial charge is 0.496 e. The molecule has 0 saturated carbocycles. The number of benzene rings is 1. The summed E-state index contributed by atoms with van der Waals surface area (Å²) in [4.78, 5) is 2.35. The summed E-state index contributed by atoms with van der Waals surface area (Å²) in [6.45, 7) is 4.84. The number of hydrogen-bond donors (Lipinski definition) is 2. The number of nitrogens with two attached hydrogens (primary N) is 1. The van der Waals surface area contributed by atoms with E-state index in [-0.39, 0.29) is 12.6 Å². The Balaban J connectivity index is 2.11. The zero-order valence-corrected chi connectivity index (χ0v) is 11.8. The number of ether oxygens (including phenoxy) is 1. The summed E-state index contributed by atoms with van der Waals surface area (Å²) in [6.07, 6.45) is 1.16. The van der Waals surface area contributed by atoms with Crippen molar-refractivity contribution in [2.24, 2.45) is 11.7 Å². The van der Waals surface area contributed by atoms with Crippen molar-refractivity contribution in [3.05, 3.63) is 29.3 Å². The van der Waals surface area contributed by atoms with Crippen LogP contribution >= 0.6 is 0 Å². The van der Waals surface area contributed by atoms with Gasteiger partial charge in [0, 0.05) is 24.7 Å². The Morgan fingerprint density at radius 3 is 2.89 bits per heavy atom. The first-order valence-corrected chi connectivity index (χ1v) is 6.90. The van der Waals surface area contributed by atoms with Crippen LogP contribution in [0.1, 0.15) is 24.5 Å². The maximum atomic E-state index is 9.48. The van der Waals surface area contributed by atoms with Gasteiger partial charge in [0.1, 0.15) is 5.75 Å². The highest BCUT2D eigenvalue weighted by Gasteiger charge is 2.30. The number of methoxy groups -OCH3 is 1. The van der Waals surface area contributed by atoms with Crippen LogP contribution in [0.5, 0.6) is 5.75 Å². The highest BCUT2D eigenvalue weighted by molar-refractivity contribution is 5.37. The molecule has 1 aromatic carbocycles. The third-order valence-corrected chi connectivity index (χ3v) is 4.14. The van der Waals surface area contributed by atoms with E-state index in [9.17, 15) is 5.11 Å². The molecule has 4 heteroatoms. The molecule has 1 fully saturated rings. The second kappa shape index (κ2) is 6.37. The van der Waals surface area contributed by atoms with Gasteiger partial charge in [-0.15, -0.1) is 0 Å². The van der Waals surface area contributed by atoms with E-state index in [4.69, 9.17) is 10.5 Å². The second-order valence-electron chi connectivity index (χ2n) is 5.34. The zero-order chi connectivity index (χ0) is 13.8. The molecule has 0 aromatic heterocycles. The van der Waals surface area contributed by atoms with Crippen LogP contribution in [0.25, 0.3) is 0 Å². The first kappa shape index (κ1) is 14.3. The lowest BCUT2D eigenvalue weighted by Gasteiger charge is -2.25. The van der Waals surface area contributed by atoms with Gasteiger partial charge in [0.05, 0.1) is 13.7 Å². The third-order valence-electron chi connectivity index (χ3n) is 4.14. The number of rotatable bonds is 5. The standard InChI is InChI=1S/C15H24N2O2/c1-11-5-6-17(14(11)10-18)9-12-3-4-13(8-16)15(7-12)19-2/h3-4,7,11,14,18H,5-6,8-10,16H2,1-2H3. The van der Waals surface area contributed by atoms with Gasteiger partial charge in [-0.2, -0.15) is 0 Å². The molecule has 1 saturated heterocycles. The Kier molecular flexibility index (Phi) is 4.80. The van der Waals surface area contributed by atoms with Gasteiger partial charge in [0.25, 0.3) is 0 Å². The number of likely N-dealkylation sites (tertiary alicyclic amines) is 1. The second-order valence-corrected chi connectivity index (χ2v) is 5.34. The zero-order valence-electron chi connectivity index (χ0n) is 11.8. The molecule has 0 amide bonds. The van der Waals surface area contributed by atoms with Crippen LogP contribution in [0, 0.1) is 5.92 Å². The number of aliphatic hydroxyl groups is 1. The van der Waals surface area contributed by atoms with Gasteiger partial charge in [-0.05, 0) is 30.5 Å². The summed E-state index contributed by atoms with van der Waals surface area (Å²) in [7, 11) is 1.67. The minimum atomic E-state index is 0.235. The van der Waals surface area contributed by atoms with Crippen LogP contribution in [0.4, 0.5) is 0 Å². The van der Waals surface area contributed by atoms with E-state index in [0.717, 1.165) is 30.8 Å². The van der Waals surface area contributed by atoms with Crippen molar-refractivity contribution in [1.29, 1.82) is 0 Å². The van der Waals surface area contributed by atoms with Gasteiger partial charge in [0.15, 0.2) is 0 Å². The van der Waals surface area contributed by atoms with Crippen molar-refractivity contribution in [1.82, 2.24) is 4.90 Å². The molecule has 1 aliphatic rings. The van der Waals surface area contributed by atoms with Crippen LogP contribution in [0.3, 0.4) is 0 Å². The average molecular weight is 264 g/mol. The quantitative estimate of drug-likeness (QED) is 0.843. The predicted octanol–water partition coefficient (Wildman–Crippen LogP) is 1.36. The fourth-order valence-electron chi connectivity index (χ4n) is 2.87. The molecule has 0 aliphatic carbocycles. The molecule has 106 valence electrons. The Labute approximate surface area is 115 Å². The molecule has 0 bridgehead atoms. The summed E-state index contributed by atoms with van der Waals surface area (Å²) < 4.78 is 5.37. The van der Waals surface area contributed by atoms with Crippen molar-refractivity contribution in [3.63, 3.8) is 0 Å². The van der Waals surface area contributed by atoms with E-state index in [0.29, 0.717) is 12.5 Å². The molecule has 1 aromatic rings. The fraction of sp³-hybridized carbons (Fsp3) is 0.600. The molecular formula is C15H24N2O2. The maximum Gasteiger partial charge on any atom is 0.123 e. The summed E-state index contributed by atoms with van der Waals surface area (Å²) >= 11 is 0. The molecule has 2 rings (SSSR count). The van der Waals surface area contributed by atoms with Crippen LogP contribution in [-0.2, 0) is 13.1 Å². The van der Waals surface area contributed by atoms with Crippen LogP contribution in [-0.4, -0.2) is 36.3 Å². The third kappa shape index (κ3) is 3.08. The van der Waals surface area contributed by atoms with Gasteiger partial charge in [-0.3, -0.25) is 4.90 Å². The molecule has 19 heavy (non-hydrogen) atoms. The number of nitrogens with zero attached hydrogens (tertiary/aromatic N) is 1. The molecule has 1 aliphatic heterocycles. The minimum Gasteiger partial charge on any atom is -0.496 e. The number of hydrogen-bond acceptors (Lipinski definition) is 4. The Morgan fingerprint density at radius 1 is 1.47 bits per heavy atom. The minimum absolute atomic E-state index is 0.235. The van der Waals surface area contributed by atoms with E-state index >= 15 is 0 Å². The summed E-state index contributed by atoms with van der Waals surface area (Å²) in [5, 5.41) is 9.48. The van der Waals surface area contributed by atoms with E-state index in [1.807, 2.05) is 6.07 Å². The predicted molar refractivity (Wildman–Crippen MR) is 76.0 cm³/mol. The fourth-order valence-corrected chi connectivity index (χ4v) is 2.87. The highest BCUT2D eigenvalue weighted by atomic mass is 16.5. The molecule has 1 heterocycles. The lowest BCUT2D eigenvalue weighted by Crippen LogP contribution is -2.34. The SMILES string of the molecule is COc1cc(CN2CCC(C)C2CO)ccc1CN. The molecule has 0 spiro atoms. The molecule has 2 unspecified atom stereocenters. The monoisotopic (exact) mass is 264 g/mol. The summed E-state index contributed by atoms with van der Waals surface area (Å²) in [5.41, 5.74) is 7.92. The first-order valence-electron chi connectivity index (χ1n) is 6.90. The smallest absolute Gasteiger partial charge is 0.123 e. The topological polar surface area (TPSA) is 58.7 Å². The number of aliphatic hydroxyl groups excluding tert-OH is 1. The van der Waals surface area contributed by atoms with Crippen molar-refractivity contribution in [3.8, 4) is 5.75 Å². The summed E-state index contributed by atoms with van der Waals surface area (Å²) in [6, 6.07) is 6.46. The summed E-state index contributed by atoms with van der Waals surface area (Å²) in [5.74, 6) is 1.42. The van der Waals surface area contributed by atoms with Crippen LogP contribution in [0.15, 0.2) is 18.2 Å². The van der Waals surface area contributed by atoms with E-state index in [1.54, 1.807) is 7.11 Å². The van der Waals surface area contributed by atoms with Crippen molar-refractivity contribution < 1.29 is 9.84 Å². The average Bonchev–Trinajstić information content (AvgIpc) is 2.78. The molecule has 0 radical (unpaired) electrons. The van der Waals surface area contributed by atoms with Gasteiger partial charge in [-0.25, -0.2) is 0 Å². The lowest BCUT2D eigenvalue weighted by molar-refractivity contribution is 0.134. The Morgan fingerprint density at radius 2 is 2.26 bits per heavy atom. The molecule has 3 N–H and O–H groups in total. The van der Waals surface area contributed by atoms with Crippen LogP contribution < -0.4 is 10.5 Å². The lowest BCUT2D eigenvalue weighted by atomic mass is 10.0. The van der Waals surface area contributed by atoms with Gasteiger partial charge in [-0.1, -0.05) is 19.1 Å². The van der Waals surface area contributed by atoms with E-state index < -0.39 is 0 Å². The van der Waals surface area contributed by atoms with Crippen LogP contribution in [0.2, 0.25) is 0 Å². The maximum absolute atomic E-state index is 9.48. The van der Waals surface area contributed by atoms with E-state index in [2.05, 4.69) is 24.0 Å².